The Balaban J connectivity index is 1.97. The summed E-state index contributed by atoms with van der Waals surface area (Å²) in [5.41, 5.74) is 0.314. The Morgan fingerprint density at radius 1 is 1.30 bits per heavy atom. The fraction of sp³-hybridized carbons (Fsp3) is 1.00. The Morgan fingerprint density at radius 2 is 2.05 bits per heavy atom. The molecule has 0 aromatic heterocycles. The number of hydrogen-bond acceptors (Lipinski definition) is 3. The van der Waals surface area contributed by atoms with Crippen molar-refractivity contribution in [2.45, 2.75) is 59.0 Å². The van der Waals surface area contributed by atoms with Gasteiger partial charge in [-0.1, -0.05) is 27.7 Å². The Morgan fingerprint density at radius 3 is 2.60 bits per heavy atom. The van der Waals surface area contributed by atoms with E-state index < -0.39 is 0 Å². The number of nitrogens with one attached hydrogen (secondary N) is 1. The standard InChI is InChI=1S/C17H35N3/c1-6-17(5)13-20(16(10-18-17)14(3)4)12-15-8-9-19(7-2)11-15/h14-16,18H,6-13H2,1-5H3. The van der Waals surface area contributed by atoms with Crippen LogP contribution in [0.4, 0.5) is 0 Å². The summed E-state index contributed by atoms with van der Waals surface area (Å²) in [4.78, 5) is 5.41. The average molecular weight is 281 g/mol. The molecule has 20 heavy (non-hydrogen) atoms. The van der Waals surface area contributed by atoms with E-state index in [-0.39, 0.29) is 0 Å². The first kappa shape index (κ1) is 16.3. The first-order valence-corrected chi connectivity index (χ1v) is 8.69. The Kier molecular flexibility index (Phi) is 5.49. The van der Waals surface area contributed by atoms with Gasteiger partial charge in [-0.15, -0.1) is 0 Å². The third kappa shape index (κ3) is 3.75. The number of likely N-dealkylation sites (tertiary alicyclic amines) is 1. The van der Waals surface area contributed by atoms with Crippen molar-refractivity contribution in [3.8, 4) is 0 Å². The van der Waals surface area contributed by atoms with E-state index in [1.165, 1.54) is 45.6 Å². The normalized spacial score (nSPS) is 36.9. The highest BCUT2D eigenvalue weighted by atomic mass is 15.3. The average Bonchev–Trinajstić information content (AvgIpc) is 2.86. The minimum absolute atomic E-state index is 0.314. The molecule has 3 atom stereocenters. The predicted molar refractivity (Wildman–Crippen MR) is 87.1 cm³/mol. The predicted octanol–water partition coefficient (Wildman–Crippen LogP) is 2.43. The first-order valence-electron chi connectivity index (χ1n) is 8.69. The second-order valence-corrected chi connectivity index (χ2v) is 7.58. The molecule has 2 aliphatic heterocycles. The zero-order valence-corrected chi connectivity index (χ0v) is 14.3. The van der Waals surface area contributed by atoms with Gasteiger partial charge in [0.05, 0.1) is 0 Å². The van der Waals surface area contributed by atoms with E-state index in [1.54, 1.807) is 0 Å². The van der Waals surface area contributed by atoms with Crippen LogP contribution in [0.3, 0.4) is 0 Å². The van der Waals surface area contributed by atoms with E-state index in [2.05, 4.69) is 49.7 Å². The summed E-state index contributed by atoms with van der Waals surface area (Å²) in [5, 5.41) is 3.80. The maximum absolute atomic E-state index is 3.80. The summed E-state index contributed by atoms with van der Waals surface area (Å²) in [6.07, 6.45) is 2.62. The molecule has 2 aliphatic rings. The minimum atomic E-state index is 0.314. The monoisotopic (exact) mass is 281 g/mol. The molecule has 0 bridgehead atoms. The van der Waals surface area contributed by atoms with Gasteiger partial charge in [0, 0.05) is 37.8 Å². The van der Waals surface area contributed by atoms with Gasteiger partial charge in [0.1, 0.15) is 0 Å². The summed E-state index contributed by atoms with van der Waals surface area (Å²) in [5.74, 6) is 1.63. The highest BCUT2D eigenvalue weighted by Crippen LogP contribution is 2.26. The summed E-state index contributed by atoms with van der Waals surface area (Å²) < 4.78 is 0. The molecular formula is C17H35N3. The Labute approximate surface area is 126 Å². The van der Waals surface area contributed by atoms with Crippen LogP contribution in [-0.2, 0) is 0 Å². The quantitative estimate of drug-likeness (QED) is 0.835. The van der Waals surface area contributed by atoms with Crippen LogP contribution in [0.1, 0.15) is 47.5 Å². The topological polar surface area (TPSA) is 18.5 Å². The van der Waals surface area contributed by atoms with Crippen molar-refractivity contribution in [1.29, 1.82) is 0 Å². The van der Waals surface area contributed by atoms with E-state index in [0.29, 0.717) is 11.6 Å². The van der Waals surface area contributed by atoms with Crippen molar-refractivity contribution in [3.63, 3.8) is 0 Å². The second kappa shape index (κ2) is 6.76. The largest absolute Gasteiger partial charge is 0.309 e. The smallest absolute Gasteiger partial charge is 0.0278 e. The van der Waals surface area contributed by atoms with Gasteiger partial charge in [-0.2, -0.15) is 0 Å². The fourth-order valence-corrected chi connectivity index (χ4v) is 3.88. The van der Waals surface area contributed by atoms with Crippen molar-refractivity contribution < 1.29 is 0 Å². The van der Waals surface area contributed by atoms with E-state index in [4.69, 9.17) is 0 Å². The Hall–Kier alpha value is -0.120. The summed E-state index contributed by atoms with van der Waals surface area (Å²) in [6.45, 7) is 19.3. The molecule has 0 spiro atoms. The van der Waals surface area contributed by atoms with Crippen molar-refractivity contribution in [2.75, 3.05) is 39.3 Å². The lowest BCUT2D eigenvalue weighted by atomic mass is 9.89. The van der Waals surface area contributed by atoms with Crippen LogP contribution in [-0.4, -0.2) is 60.6 Å². The summed E-state index contributed by atoms with van der Waals surface area (Å²) in [7, 11) is 0. The van der Waals surface area contributed by atoms with Gasteiger partial charge in [-0.05, 0) is 44.7 Å². The molecule has 3 nitrogen and oxygen atoms in total. The highest BCUT2D eigenvalue weighted by molar-refractivity contribution is 4.96. The molecule has 3 heteroatoms. The van der Waals surface area contributed by atoms with Crippen molar-refractivity contribution in [3.05, 3.63) is 0 Å². The zero-order valence-electron chi connectivity index (χ0n) is 14.3. The van der Waals surface area contributed by atoms with Crippen LogP contribution in [0, 0.1) is 11.8 Å². The van der Waals surface area contributed by atoms with Crippen LogP contribution >= 0.6 is 0 Å². The highest BCUT2D eigenvalue weighted by Gasteiger charge is 2.37. The van der Waals surface area contributed by atoms with Crippen LogP contribution in [0.15, 0.2) is 0 Å². The number of hydrogen-bond donors (Lipinski definition) is 1. The minimum Gasteiger partial charge on any atom is -0.309 e. The summed E-state index contributed by atoms with van der Waals surface area (Å²) in [6, 6.07) is 0.713. The van der Waals surface area contributed by atoms with Crippen molar-refractivity contribution >= 4 is 0 Å². The van der Waals surface area contributed by atoms with Crippen LogP contribution in [0.25, 0.3) is 0 Å². The zero-order chi connectivity index (χ0) is 14.8. The molecule has 0 radical (unpaired) electrons. The molecule has 3 unspecified atom stereocenters. The van der Waals surface area contributed by atoms with E-state index in [9.17, 15) is 0 Å². The maximum Gasteiger partial charge on any atom is 0.0278 e. The van der Waals surface area contributed by atoms with E-state index in [0.717, 1.165) is 18.4 Å². The van der Waals surface area contributed by atoms with Crippen molar-refractivity contribution in [1.82, 2.24) is 15.1 Å². The van der Waals surface area contributed by atoms with Gasteiger partial charge in [0.15, 0.2) is 0 Å². The van der Waals surface area contributed by atoms with Crippen LogP contribution in [0.5, 0.6) is 0 Å². The molecule has 0 saturated carbocycles. The lowest BCUT2D eigenvalue weighted by Crippen LogP contribution is -2.64. The first-order chi connectivity index (χ1) is 9.47. The van der Waals surface area contributed by atoms with E-state index in [1.807, 2.05) is 0 Å². The molecule has 0 aromatic rings. The molecule has 0 aliphatic carbocycles. The van der Waals surface area contributed by atoms with Gasteiger partial charge in [-0.25, -0.2) is 0 Å². The van der Waals surface area contributed by atoms with Crippen LogP contribution < -0.4 is 5.32 Å². The molecule has 2 fully saturated rings. The molecule has 0 amide bonds. The number of rotatable bonds is 5. The lowest BCUT2D eigenvalue weighted by molar-refractivity contribution is 0.0480. The fourth-order valence-electron chi connectivity index (χ4n) is 3.88. The van der Waals surface area contributed by atoms with Gasteiger partial charge in [0.2, 0.25) is 0 Å². The molecular weight excluding hydrogens is 246 g/mol. The molecule has 0 aromatic carbocycles. The maximum atomic E-state index is 3.80. The van der Waals surface area contributed by atoms with Gasteiger partial charge in [0.25, 0.3) is 0 Å². The van der Waals surface area contributed by atoms with Crippen molar-refractivity contribution in [2.24, 2.45) is 11.8 Å². The van der Waals surface area contributed by atoms with Gasteiger partial charge in [-0.3, -0.25) is 4.90 Å². The third-order valence-corrected chi connectivity index (χ3v) is 5.62. The SMILES string of the molecule is CCN1CCC(CN2CC(C)(CC)NCC2C(C)C)C1. The molecule has 2 heterocycles. The number of piperazine rings is 1. The Bertz CT molecular complexity index is 305. The summed E-state index contributed by atoms with van der Waals surface area (Å²) >= 11 is 0. The molecule has 2 saturated heterocycles. The number of nitrogens with zero attached hydrogens (tertiary/aromatic N) is 2. The third-order valence-electron chi connectivity index (χ3n) is 5.62. The second-order valence-electron chi connectivity index (χ2n) is 7.58. The molecule has 2 rings (SSSR count). The molecule has 118 valence electrons. The van der Waals surface area contributed by atoms with Crippen LogP contribution in [0.2, 0.25) is 0 Å². The van der Waals surface area contributed by atoms with Gasteiger partial charge >= 0.3 is 0 Å². The molecule has 1 N–H and O–H groups in total. The van der Waals surface area contributed by atoms with E-state index >= 15 is 0 Å². The van der Waals surface area contributed by atoms with Gasteiger partial charge < -0.3 is 10.2 Å². The lowest BCUT2D eigenvalue weighted by Gasteiger charge is -2.48.